The Morgan fingerprint density at radius 2 is 0.947 bits per heavy atom. The maximum atomic E-state index is 14.6. The Kier molecular flexibility index (Phi) is 17.4. The van der Waals surface area contributed by atoms with Crippen molar-refractivity contribution in [2.24, 2.45) is 10.8 Å². The summed E-state index contributed by atoms with van der Waals surface area (Å²) in [5.74, 6) is -3.69. The number of rotatable bonds is 18. The zero-order valence-electron chi connectivity index (χ0n) is 45.1. The van der Waals surface area contributed by atoms with Gasteiger partial charge >= 0.3 is 0 Å². The van der Waals surface area contributed by atoms with E-state index in [0.29, 0.717) is 0 Å². The van der Waals surface area contributed by atoms with Crippen molar-refractivity contribution in [1.29, 1.82) is 0 Å². The largest absolute Gasteiger partial charge is 0.361 e. The van der Waals surface area contributed by atoms with Gasteiger partial charge in [-0.3, -0.25) is 38.4 Å². The molecule has 2 saturated heterocycles. The molecule has 5 aromatic rings. The number of carbonyl (C=O) groups is 8. The van der Waals surface area contributed by atoms with Crippen LogP contribution in [0, 0.1) is 10.8 Å². The minimum absolute atomic E-state index is 0.0397. The third kappa shape index (κ3) is 12.9. The molecule has 2 aliphatic heterocycles. The molecule has 8 atom stereocenters. The van der Waals surface area contributed by atoms with Crippen LogP contribution in [-0.4, -0.2) is 143 Å². The van der Waals surface area contributed by atoms with E-state index in [1.807, 2.05) is 102 Å². The van der Waals surface area contributed by atoms with Crippen LogP contribution >= 0.6 is 0 Å². The zero-order valence-corrected chi connectivity index (χ0v) is 45.1. The van der Waals surface area contributed by atoms with E-state index in [1.54, 1.807) is 46.1 Å². The summed E-state index contributed by atoms with van der Waals surface area (Å²) in [7, 11) is 3.28. The summed E-state index contributed by atoms with van der Waals surface area (Å²) in [5.41, 5.74) is 2.30. The molecule has 8 amide bonds. The lowest BCUT2D eigenvalue weighted by molar-refractivity contribution is -0.144. The Bertz CT molecular complexity index is 2780. The molecule has 0 unspecified atom stereocenters. The molecule has 0 radical (unpaired) electrons. The molecule has 10 N–H and O–H groups in total. The maximum Gasteiger partial charge on any atom is 0.251 e. The van der Waals surface area contributed by atoms with Crippen LogP contribution in [0.5, 0.6) is 0 Å². The Balaban J connectivity index is 1.07. The van der Waals surface area contributed by atoms with Gasteiger partial charge in [0, 0.05) is 83.6 Å². The summed E-state index contributed by atoms with van der Waals surface area (Å²) >= 11 is 0. The average molecular weight is 1040 g/mol. The number of fused-ring (bicyclic) bond motifs is 2. The number of likely N-dealkylation sites (tertiary alicyclic amines) is 2. The molecule has 0 aliphatic carbocycles. The predicted molar refractivity (Wildman–Crippen MR) is 289 cm³/mol. The van der Waals surface area contributed by atoms with Crippen LogP contribution in [-0.2, 0) is 41.9 Å². The van der Waals surface area contributed by atoms with E-state index in [1.165, 1.54) is 15.9 Å². The summed E-state index contributed by atoms with van der Waals surface area (Å²) in [6, 6.07) is 14.7. The number of amides is 8. The fourth-order valence-corrected chi connectivity index (χ4v) is 9.84. The first-order valence-electron chi connectivity index (χ1n) is 25.9. The van der Waals surface area contributed by atoms with Crippen LogP contribution in [0.4, 0.5) is 0 Å². The average Bonchev–Trinajstić information content (AvgIpc) is 4.25. The second-order valence-corrected chi connectivity index (χ2v) is 22.2. The molecule has 0 spiro atoms. The summed E-state index contributed by atoms with van der Waals surface area (Å²) in [5, 5.41) is 25.4. The van der Waals surface area contributed by atoms with Crippen LogP contribution in [0.3, 0.4) is 0 Å². The lowest BCUT2D eigenvalue weighted by atomic mass is 9.85. The Morgan fingerprint density at radius 1 is 0.566 bits per heavy atom. The first-order valence-corrected chi connectivity index (χ1v) is 25.9. The number of likely N-dealkylation sites (N-methyl/N-ethyl adjacent to an activating group) is 2. The first kappa shape index (κ1) is 56.2. The molecule has 0 bridgehead atoms. The van der Waals surface area contributed by atoms with Gasteiger partial charge < -0.3 is 62.3 Å². The first-order chi connectivity index (χ1) is 36.0. The fourth-order valence-electron chi connectivity index (χ4n) is 9.84. The number of carbonyl (C=O) groups excluding carboxylic acids is 8. The number of benzene rings is 3. The standard InChI is InChI=1S/C56H74N12O8/c1-31(57-9)47(69)65-45(55(3,4)5)53(75)67-29-37(25-43(67)51(73)61-27-35-16-12-18-41-39(35)20-22-59-41)63-49(71)33-14-11-15-34(24-33)50(72)64-38-26-44(52(74)62-28-36-17-13-19-42-40(36)21-23-60-42)68(30-38)54(76)46(56(6,7)8)66-48(70)32(2)58-10/h11-24,31-32,37-38,43-46,57-60H,25-30H2,1-10H3,(H,61,73)(H,62,74)(H,63,71)(H,64,72)(H,65,69)(H,66,70)/t31-,32-,37-,38-,43-,44-,45+,46+/m0/s1. The van der Waals surface area contributed by atoms with Crippen molar-refractivity contribution in [1.82, 2.24) is 62.3 Å². The smallest absolute Gasteiger partial charge is 0.251 e. The minimum Gasteiger partial charge on any atom is -0.361 e. The van der Waals surface area contributed by atoms with Crippen molar-refractivity contribution in [2.45, 2.75) is 130 Å². The van der Waals surface area contributed by atoms with Crippen molar-refractivity contribution in [3.8, 4) is 0 Å². The van der Waals surface area contributed by atoms with Crippen LogP contribution in [0.25, 0.3) is 21.8 Å². The van der Waals surface area contributed by atoms with Crippen molar-refractivity contribution >= 4 is 69.1 Å². The van der Waals surface area contributed by atoms with Gasteiger partial charge in [0.25, 0.3) is 11.8 Å². The van der Waals surface area contributed by atoms with Gasteiger partial charge in [-0.05, 0) is 105 Å². The van der Waals surface area contributed by atoms with Gasteiger partial charge in [-0.15, -0.1) is 0 Å². The van der Waals surface area contributed by atoms with E-state index < -0.39 is 94.6 Å². The van der Waals surface area contributed by atoms with Gasteiger partial charge in [-0.2, -0.15) is 0 Å². The highest BCUT2D eigenvalue weighted by atomic mass is 16.2. The lowest BCUT2D eigenvalue weighted by Gasteiger charge is -2.36. The van der Waals surface area contributed by atoms with Crippen LogP contribution in [0.1, 0.15) is 100 Å². The zero-order chi connectivity index (χ0) is 55.2. The van der Waals surface area contributed by atoms with Gasteiger partial charge in [0.05, 0.1) is 12.1 Å². The summed E-state index contributed by atoms with van der Waals surface area (Å²) < 4.78 is 0. The van der Waals surface area contributed by atoms with Crippen molar-refractivity contribution < 1.29 is 38.4 Å². The highest BCUT2D eigenvalue weighted by Gasteiger charge is 2.47. The molecule has 2 aromatic heterocycles. The van der Waals surface area contributed by atoms with Gasteiger partial charge in [-0.25, -0.2) is 0 Å². The lowest BCUT2D eigenvalue weighted by Crippen LogP contribution is -2.59. The number of aromatic amines is 2. The van der Waals surface area contributed by atoms with Crippen molar-refractivity contribution in [3.63, 3.8) is 0 Å². The molecule has 76 heavy (non-hydrogen) atoms. The predicted octanol–water partition coefficient (Wildman–Crippen LogP) is 2.96. The molecule has 0 saturated carbocycles. The van der Waals surface area contributed by atoms with Gasteiger partial charge in [0.1, 0.15) is 24.2 Å². The number of hydrogen-bond acceptors (Lipinski definition) is 10. The Hall–Kier alpha value is -7.58. The van der Waals surface area contributed by atoms with Gasteiger partial charge in [-0.1, -0.05) is 71.9 Å². The highest BCUT2D eigenvalue weighted by molar-refractivity contribution is 6.01. The maximum absolute atomic E-state index is 14.6. The van der Waals surface area contributed by atoms with E-state index in [2.05, 4.69) is 52.5 Å². The van der Waals surface area contributed by atoms with Crippen molar-refractivity contribution in [3.05, 3.63) is 107 Å². The van der Waals surface area contributed by atoms with Crippen LogP contribution in [0.15, 0.2) is 85.2 Å². The normalized spacial score (nSPS) is 19.3. The second-order valence-electron chi connectivity index (χ2n) is 22.2. The number of aromatic nitrogens is 2. The molecule has 2 aliphatic rings. The summed E-state index contributed by atoms with van der Waals surface area (Å²) in [6.07, 6.45) is 3.77. The molecular weight excluding hydrogens is 969 g/mol. The molecule has 20 heteroatoms. The SMILES string of the molecule is CN[C@@H](C)C(=O)N[C@H](C(=O)N1C[C@@H](NC(=O)c2cccc(C(=O)N[C@H]3C[C@@H](C(=O)NCc4cccc5[nH]ccc45)N(C(=O)[C@@H](NC(=O)[C@H](C)NC)C(C)(C)C)C3)c2)C[C@H]1C(=O)NCc1cccc2[nH]ccc12)C(C)(C)C. The van der Waals surface area contributed by atoms with Crippen LogP contribution in [0.2, 0.25) is 0 Å². The number of nitrogens with zero attached hydrogens (tertiary/aromatic N) is 2. The van der Waals surface area contributed by atoms with E-state index in [0.717, 1.165) is 32.9 Å². The van der Waals surface area contributed by atoms with Gasteiger partial charge in [0.2, 0.25) is 35.4 Å². The fraction of sp³-hybridized carbons (Fsp3) is 0.464. The van der Waals surface area contributed by atoms with Crippen molar-refractivity contribution in [2.75, 3.05) is 27.2 Å². The number of H-pyrrole nitrogens is 2. The topological polar surface area (TPSA) is 271 Å². The molecule has 406 valence electrons. The summed E-state index contributed by atoms with van der Waals surface area (Å²) in [4.78, 5) is 121. The van der Waals surface area contributed by atoms with E-state index in [-0.39, 0.29) is 62.0 Å². The molecular formula is C56H74N12O8. The monoisotopic (exact) mass is 1040 g/mol. The van der Waals surface area contributed by atoms with E-state index >= 15 is 0 Å². The van der Waals surface area contributed by atoms with Crippen LogP contribution < -0.4 is 42.5 Å². The Morgan fingerprint density at radius 3 is 1.32 bits per heavy atom. The highest BCUT2D eigenvalue weighted by Crippen LogP contribution is 2.29. The number of hydrogen-bond donors (Lipinski definition) is 10. The third-order valence-corrected chi connectivity index (χ3v) is 14.6. The van der Waals surface area contributed by atoms with Gasteiger partial charge in [0.15, 0.2) is 0 Å². The molecule has 7 rings (SSSR count). The van der Waals surface area contributed by atoms with E-state index in [9.17, 15) is 38.4 Å². The third-order valence-electron chi connectivity index (χ3n) is 14.6. The number of nitrogens with one attached hydrogen (secondary N) is 10. The van der Waals surface area contributed by atoms with E-state index in [4.69, 9.17) is 0 Å². The Labute approximate surface area is 443 Å². The molecule has 3 aromatic carbocycles. The quantitative estimate of drug-likeness (QED) is 0.0613. The summed E-state index contributed by atoms with van der Waals surface area (Å²) in [6.45, 7) is 14.6. The molecule has 4 heterocycles. The molecule has 20 nitrogen and oxygen atoms in total. The minimum atomic E-state index is -1.02. The molecule has 2 fully saturated rings. The second kappa shape index (κ2) is 23.5.